The van der Waals surface area contributed by atoms with Crippen LogP contribution in [0.2, 0.25) is 0 Å². The lowest BCUT2D eigenvalue weighted by atomic mass is 10.1. The van der Waals surface area contributed by atoms with Gasteiger partial charge in [-0.15, -0.1) is 11.3 Å². The number of benzene rings is 1. The first-order valence-corrected chi connectivity index (χ1v) is 13.5. The Bertz CT molecular complexity index is 1430. The Balaban J connectivity index is 1.30. The van der Waals surface area contributed by atoms with E-state index in [4.69, 9.17) is 14.7 Å². The summed E-state index contributed by atoms with van der Waals surface area (Å²) < 4.78 is 5.60. The number of amides is 1. The van der Waals surface area contributed by atoms with Crippen LogP contribution in [0.4, 0.5) is 5.82 Å². The predicted molar refractivity (Wildman–Crippen MR) is 144 cm³/mol. The molecule has 2 aliphatic rings. The molecule has 2 fully saturated rings. The molecule has 10 nitrogen and oxygen atoms in total. The Labute approximate surface area is 218 Å². The van der Waals surface area contributed by atoms with Gasteiger partial charge in [0.25, 0.3) is 5.91 Å². The number of anilines is 1. The van der Waals surface area contributed by atoms with Gasteiger partial charge in [-0.3, -0.25) is 14.8 Å². The van der Waals surface area contributed by atoms with Crippen LogP contribution in [0.3, 0.4) is 0 Å². The van der Waals surface area contributed by atoms with Crippen LogP contribution in [-0.4, -0.2) is 99.1 Å². The number of carbonyl (C=O) groups excluding carboxylic acids is 1. The largest absolute Gasteiger partial charge is 0.381 e. The smallest absolute Gasteiger partial charge is 0.254 e. The summed E-state index contributed by atoms with van der Waals surface area (Å²) in [5, 5.41) is 19.4. The number of hydrogen-bond acceptors (Lipinski definition) is 9. The van der Waals surface area contributed by atoms with Gasteiger partial charge in [0.15, 0.2) is 5.82 Å². The topological polar surface area (TPSA) is 111 Å². The van der Waals surface area contributed by atoms with Gasteiger partial charge in [0, 0.05) is 61.6 Å². The number of aliphatic hydroxyl groups is 1. The number of hydrogen-bond donors (Lipinski definition) is 2. The number of fused-ring (bicyclic) bond motifs is 2. The van der Waals surface area contributed by atoms with Crippen molar-refractivity contribution in [2.24, 2.45) is 0 Å². The number of carbonyl (C=O) groups is 1. The van der Waals surface area contributed by atoms with Gasteiger partial charge < -0.3 is 19.6 Å². The summed E-state index contributed by atoms with van der Waals surface area (Å²) in [5.41, 5.74) is 0.592. The molecule has 2 saturated heterocycles. The van der Waals surface area contributed by atoms with Crippen molar-refractivity contribution >= 4 is 44.2 Å². The summed E-state index contributed by atoms with van der Waals surface area (Å²) in [6, 6.07) is 8.28. The molecule has 0 radical (unpaired) electrons. The molecule has 37 heavy (non-hydrogen) atoms. The Morgan fingerprint density at radius 1 is 1.11 bits per heavy atom. The van der Waals surface area contributed by atoms with Crippen LogP contribution in [0.5, 0.6) is 0 Å². The van der Waals surface area contributed by atoms with E-state index in [0.29, 0.717) is 32.1 Å². The fraction of sp³-hybridized carbons (Fsp3) is 0.462. The molecule has 0 spiro atoms. The van der Waals surface area contributed by atoms with E-state index >= 15 is 0 Å². The molecule has 0 atom stereocenters. The van der Waals surface area contributed by atoms with E-state index in [2.05, 4.69) is 26.1 Å². The van der Waals surface area contributed by atoms with Gasteiger partial charge in [-0.05, 0) is 26.0 Å². The number of rotatable bonds is 5. The third-order valence-corrected chi connectivity index (χ3v) is 8.04. The minimum atomic E-state index is -1.33. The van der Waals surface area contributed by atoms with Crippen LogP contribution in [0, 0.1) is 0 Å². The van der Waals surface area contributed by atoms with Crippen LogP contribution in [0.25, 0.3) is 32.5 Å². The van der Waals surface area contributed by atoms with Crippen molar-refractivity contribution in [3.8, 4) is 11.4 Å². The number of H-pyrrole nitrogens is 1. The maximum atomic E-state index is 12.4. The van der Waals surface area contributed by atoms with Crippen LogP contribution in [0.1, 0.15) is 18.7 Å². The SMILES string of the molecule is CC(C)(O)C(=O)N1CCN(Cc2cc3c(N4CCOCC4)nc(-c4cccc5[nH]ncc45)nc3s2)CC1. The number of piperazine rings is 1. The highest BCUT2D eigenvalue weighted by Crippen LogP contribution is 2.35. The van der Waals surface area contributed by atoms with E-state index in [9.17, 15) is 9.90 Å². The number of ether oxygens (including phenoxy) is 1. The molecule has 0 unspecified atom stereocenters. The maximum absolute atomic E-state index is 12.4. The number of thiophene rings is 1. The van der Waals surface area contributed by atoms with Crippen LogP contribution in [0.15, 0.2) is 30.5 Å². The number of nitrogens with zero attached hydrogens (tertiary/aromatic N) is 6. The molecule has 3 aromatic heterocycles. The second-order valence-corrected chi connectivity index (χ2v) is 11.3. The predicted octanol–water partition coefficient (Wildman–Crippen LogP) is 2.49. The summed E-state index contributed by atoms with van der Waals surface area (Å²) in [5.74, 6) is 1.44. The standard InChI is InChI=1S/C26H31N7O3S/c1-26(2,35)25(34)33-8-6-31(7-9-33)16-17-14-19-23(32-10-12-36-13-11-32)28-22(29-24(19)37-17)18-4-3-5-21-20(18)15-27-30-21/h3-5,14-15,35H,6-13,16H2,1-2H3,(H,27,30). The van der Waals surface area contributed by atoms with Gasteiger partial charge in [0.2, 0.25) is 0 Å². The minimum absolute atomic E-state index is 0.209. The third kappa shape index (κ3) is 4.79. The van der Waals surface area contributed by atoms with Crippen molar-refractivity contribution < 1.29 is 14.6 Å². The van der Waals surface area contributed by atoms with Gasteiger partial charge in [0.1, 0.15) is 16.2 Å². The van der Waals surface area contributed by atoms with Gasteiger partial charge >= 0.3 is 0 Å². The molecule has 194 valence electrons. The molecule has 0 saturated carbocycles. The molecule has 0 bridgehead atoms. The van der Waals surface area contributed by atoms with Crippen molar-refractivity contribution in [3.63, 3.8) is 0 Å². The third-order valence-electron chi connectivity index (χ3n) is 7.02. The fourth-order valence-corrected chi connectivity index (χ4v) is 6.11. The van der Waals surface area contributed by atoms with E-state index in [-0.39, 0.29) is 5.91 Å². The van der Waals surface area contributed by atoms with E-state index in [1.54, 1.807) is 30.1 Å². The quantitative estimate of drug-likeness (QED) is 0.412. The number of aromatic nitrogens is 4. The van der Waals surface area contributed by atoms with Gasteiger partial charge in [-0.2, -0.15) is 5.10 Å². The van der Waals surface area contributed by atoms with E-state index in [0.717, 1.165) is 65.2 Å². The maximum Gasteiger partial charge on any atom is 0.254 e. The lowest BCUT2D eigenvalue weighted by Gasteiger charge is -2.36. The first-order chi connectivity index (χ1) is 17.9. The number of morpholine rings is 1. The highest BCUT2D eigenvalue weighted by molar-refractivity contribution is 7.18. The monoisotopic (exact) mass is 521 g/mol. The molecule has 1 amide bonds. The molecule has 6 rings (SSSR count). The molecule has 2 aliphatic heterocycles. The molecular weight excluding hydrogens is 490 g/mol. The van der Waals surface area contributed by atoms with Crippen molar-refractivity contribution in [1.82, 2.24) is 30.0 Å². The number of nitrogens with one attached hydrogen (secondary N) is 1. The van der Waals surface area contributed by atoms with E-state index < -0.39 is 5.60 Å². The highest BCUT2D eigenvalue weighted by Gasteiger charge is 2.31. The molecule has 5 heterocycles. The zero-order chi connectivity index (χ0) is 25.6. The first-order valence-electron chi connectivity index (χ1n) is 12.7. The lowest BCUT2D eigenvalue weighted by molar-refractivity contribution is -0.149. The minimum Gasteiger partial charge on any atom is -0.381 e. The van der Waals surface area contributed by atoms with Gasteiger partial charge in [-0.25, -0.2) is 9.97 Å². The lowest BCUT2D eigenvalue weighted by Crippen LogP contribution is -2.53. The first kappa shape index (κ1) is 24.2. The Hall–Kier alpha value is -3.12. The van der Waals surface area contributed by atoms with E-state index in [1.165, 1.54) is 4.88 Å². The molecule has 1 aromatic carbocycles. The molecular formula is C26H31N7O3S. The normalized spacial score (nSPS) is 17.7. The molecule has 0 aliphatic carbocycles. The van der Waals surface area contributed by atoms with Crippen molar-refractivity contribution in [3.05, 3.63) is 35.3 Å². The van der Waals surface area contributed by atoms with Crippen LogP contribution < -0.4 is 4.90 Å². The molecule has 4 aromatic rings. The van der Waals surface area contributed by atoms with Gasteiger partial charge in [-0.1, -0.05) is 12.1 Å². The summed E-state index contributed by atoms with van der Waals surface area (Å²) in [4.78, 5) is 31.1. The summed E-state index contributed by atoms with van der Waals surface area (Å²) >= 11 is 1.70. The Morgan fingerprint density at radius 2 is 1.89 bits per heavy atom. The molecule has 11 heteroatoms. The zero-order valence-corrected chi connectivity index (χ0v) is 21.9. The fourth-order valence-electron chi connectivity index (χ4n) is 5.05. The van der Waals surface area contributed by atoms with E-state index in [1.807, 2.05) is 24.4 Å². The Morgan fingerprint density at radius 3 is 2.65 bits per heavy atom. The second kappa shape index (κ2) is 9.64. The summed E-state index contributed by atoms with van der Waals surface area (Å²) in [6.45, 7) is 9.62. The zero-order valence-electron chi connectivity index (χ0n) is 21.1. The van der Waals surface area contributed by atoms with Crippen molar-refractivity contribution in [1.29, 1.82) is 0 Å². The second-order valence-electron chi connectivity index (χ2n) is 10.2. The number of aromatic amines is 1. The van der Waals surface area contributed by atoms with Crippen LogP contribution >= 0.6 is 11.3 Å². The Kier molecular flexibility index (Phi) is 6.31. The average Bonchev–Trinajstić information content (AvgIpc) is 3.54. The summed E-state index contributed by atoms with van der Waals surface area (Å²) in [6.07, 6.45) is 1.83. The van der Waals surface area contributed by atoms with Gasteiger partial charge in [0.05, 0.1) is 30.3 Å². The van der Waals surface area contributed by atoms with Crippen LogP contribution in [-0.2, 0) is 16.1 Å². The molecule has 2 N–H and O–H groups in total. The summed E-state index contributed by atoms with van der Waals surface area (Å²) in [7, 11) is 0. The van der Waals surface area contributed by atoms with Crippen molar-refractivity contribution in [2.75, 3.05) is 57.4 Å². The average molecular weight is 522 g/mol. The van der Waals surface area contributed by atoms with Crippen molar-refractivity contribution in [2.45, 2.75) is 26.0 Å². The highest BCUT2D eigenvalue weighted by atomic mass is 32.1.